The molecule has 1 saturated heterocycles. The van der Waals surface area contributed by atoms with Gasteiger partial charge in [-0.05, 0) is 36.2 Å². The Labute approximate surface area is 146 Å². The van der Waals surface area contributed by atoms with E-state index in [0.717, 1.165) is 17.7 Å². The lowest BCUT2D eigenvalue weighted by molar-refractivity contribution is -0.148. The minimum absolute atomic E-state index is 0.244. The average Bonchev–Trinajstić information content (AvgIpc) is 3.02. The maximum atomic E-state index is 14.3. The first-order chi connectivity index (χ1) is 12.1. The molecule has 2 aromatic rings. The van der Waals surface area contributed by atoms with E-state index in [-0.39, 0.29) is 18.1 Å². The molecule has 0 spiro atoms. The van der Waals surface area contributed by atoms with Crippen LogP contribution in [0.1, 0.15) is 24.0 Å². The number of esters is 1. The number of likely N-dealkylation sites (tertiary alicyclic amines) is 1. The summed E-state index contributed by atoms with van der Waals surface area (Å²) in [5, 5.41) is 0. The second kappa shape index (κ2) is 7.74. The van der Waals surface area contributed by atoms with Crippen LogP contribution < -0.4 is 0 Å². The summed E-state index contributed by atoms with van der Waals surface area (Å²) in [6.45, 7) is 3.62. The molecule has 1 heterocycles. The van der Waals surface area contributed by atoms with E-state index in [1.54, 1.807) is 6.92 Å². The minimum atomic E-state index is -0.500. The Bertz CT molecular complexity index is 736. The molecular formula is C20H21F2NO2. The Balaban J connectivity index is 1.85. The standard InChI is InChI=1S/C20H21F2NO2/c1-2-25-20(24)18-13-23(11-14-6-4-3-5-7-14)12-17(18)16-10-15(21)8-9-19(16)22/h3-10,17-18H,2,11-13H2,1H3/t17-,18-/m1/s1. The summed E-state index contributed by atoms with van der Waals surface area (Å²) in [6, 6.07) is 13.3. The predicted octanol–water partition coefficient (Wildman–Crippen LogP) is 3.74. The first-order valence-corrected chi connectivity index (χ1v) is 8.46. The van der Waals surface area contributed by atoms with Crippen LogP contribution in [-0.4, -0.2) is 30.6 Å². The van der Waals surface area contributed by atoms with E-state index in [0.29, 0.717) is 19.6 Å². The lowest BCUT2D eigenvalue weighted by Crippen LogP contribution is -2.25. The molecule has 0 unspecified atom stereocenters. The molecular weight excluding hydrogens is 324 g/mol. The average molecular weight is 345 g/mol. The van der Waals surface area contributed by atoms with Crippen molar-refractivity contribution >= 4 is 5.97 Å². The summed E-state index contributed by atoms with van der Waals surface area (Å²) in [5.41, 5.74) is 1.36. The number of halogens is 2. The summed E-state index contributed by atoms with van der Waals surface area (Å²) in [7, 11) is 0. The number of hydrogen-bond acceptors (Lipinski definition) is 3. The van der Waals surface area contributed by atoms with Crippen molar-refractivity contribution in [1.82, 2.24) is 4.90 Å². The van der Waals surface area contributed by atoms with Crippen molar-refractivity contribution in [2.24, 2.45) is 5.92 Å². The van der Waals surface area contributed by atoms with Crippen LogP contribution in [0.5, 0.6) is 0 Å². The monoisotopic (exact) mass is 345 g/mol. The Morgan fingerprint density at radius 3 is 2.64 bits per heavy atom. The number of hydrogen-bond donors (Lipinski definition) is 0. The van der Waals surface area contributed by atoms with E-state index < -0.39 is 23.5 Å². The van der Waals surface area contributed by atoms with Gasteiger partial charge in [-0.25, -0.2) is 8.78 Å². The lowest BCUT2D eigenvalue weighted by atomic mass is 9.88. The van der Waals surface area contributed by atoms with Crippen molar-refractivity contribution in [1.29, 1.82) is 0 Å². The van der Waals surface area contributed by atoms with Gasteiger partial charge in [-0.3, -0.25) is 9.69 Å². The number of ether oxygens (including phenoxy) is 1. The second-order valence-electron chi connectivity index (χ2n) is 6.31. The van der Waals surface area contributed by atoms with Crippen molar-refractivity contribution in [3.63, 3.8) is 0 Å². The quantitative estimate of drug-likeness (QED) is 0.773. The van der Waals surface area contributed by atoms with Crippen LogP contribution in [0.3, 0.4) is 0 Å². The Morgan fingerprint density at radius 2 is 1.92 bits per heavy atom. The molecule has 0 amide bonds. The number of benzene rings is 2. The largest absolute Gasteiger partial charge is 0.466 e. The number of nitrogens with zero attached hydrogens (tertiary/aromatic N) is 1. The van der Waals surface area contributed by atoms with Crippen molar-refractivity contribution in [3.05, 3.63) is 71.3 Å². The van der Waals surface area contributed by atoms with Gasteiger partial charge in [-0.15, -0.1) is 0 Å². The van der Waals surface area contributed by atoms with Gasteiger partial charge in [0.25, 0.3) is 0 Å². The third kappa shape index (κ3) is 4.04. The fourth-order valence-corrected chi connectivity index (χ4v) is 3.46. The molecule has 5 heteroatoms. The molecule has 0 saturated carbocycles. The van der Waals surface area contributed by atoms with Gasteiger partial charge in [0.1, 0.15) is 11.6 Å². The number of rotatable bonds is 5. The molecule has 3 nitrogen and oxygen atoms in total. The van der Waals surface area contributed by atoms with Gasteiger partial charge in [0.05, 0.1) is 12.5 Å². The van der Waals surface area contributed by atoms with E-state index in [2.05, 4.69) is 4.90 Å². The highest BCUT2D eigenvalue weighted by Crippen LogP contribution is 2.36. The third-order valence-electron chi connectivity index (χ3n) is 4.59. The summed E-state index contributed by atoms with van der Waals surface area (Å²) >= 11 is 0. The molecule has 0 N–H and O–H groups in total. The zero-order chi connectivity index (χ0) is 17.8. The van der Waals surface area contributed by atoms with E-state index >= 15 is 0 Å². The van der Waals surface area contributed by atoms with Crippen LogP contribution in [0.25, 0.3) is 0 Å². The van der Waals surface area contributed by atoms with E-state index in [4.69, 9.17) is 4.74 Å². The Morgan fingerprint density at radius 1 is 1.16 bits per heavy atom. The lowest BCUT2D eigenvalue weighted by Gasteiger charge is -2.18. The highest BCUT2D eigenvalue weighted by molar-refractivity contribution is 5.74. The SMILES string of the molecule is CCOC(=O)[C@@H]1CN(Cc2ccccc2)C[C@@H]1c1cc(F)ccc1F. The fraction of sp³-hybridized carbons (Fsp3) is 0.350. The summed E-state index contributed by atoms with van der Waals surface area (Å²) in [4.78, 5) is 14.4. The molecule has 2 aromatic carbocycles. The van der Waals surface area contributed by atoms with Crippen molar-refractivity contribution < 1.29 is 18.3 Å². The topological polar surface area (TPSA) is 29.5 Å². The van der Waals surface area contributed by atoms with Crippen molar-refractivity contribution in [2.45, 2.75) is 19.4 Å². The molecule has 25 heavy (non-hydrogen) atoms. The molecule has 1 fully saturated rings. The normalized spacial score (nSPS) is 20.6. The van der Waals surface area contributed by atoms with E-state index in [1.807, 2.05) is 30.3 Å². The number of carbonyl (C=O) groups excluding carboxylic acids is 1. The molecule has 0 bridgehead atoms. The third-order valence-corrected chi connectivity index (χ3v) is 4.59. The van der Waals surface area contributed by atoms with Crippen LogP contribution >= 0.6 is 0 Å². The first kappa shape index (κ1) is 17.5. The molecule has 3 rings (SSSR count). The maximum Gasteiger partial charge on any atom is 0.310 e. The van der Waals surface area contributed by atoms with Gasteiger partial charge >= 0.3 is 5.97 Å². The van der Waals surface area contributed by atoms with Crippen LogP contribution in [0.2, 0.25) is 0 Å². The number of carbonyl (C=O) groups is 1. The highest BCUT2D eigenvalue weighted by atomic mass is 19.1. The van der Waals surface area contributed by atoms with Crippen LogP contribution in [0, 0.1) is 17.6 Å². The summed E-state index contributed by atoms with van der Waals surface area (Å²) in [6.07, 6.45) is 0. The molecule has 0 aliphatic carbocycles. The van der Waals surface area contributed by atoms with Gasteiger partial charge in [0, 0.05) is 25.6 Å². The van der Waals surface area contributed by atoms with E-state index in [9.17, 15) is 13.6 Å². The van der Waals surface area contributed by atoms with Crippen LogP contribution in [0.4, 0.5) is 8.78 Å². The van der Waals surface area contributed by atoms with Gasteiger partial charge in [-0.2, -0.15) is 0 Å². The van der Waals surface area contributed by atoms with Gasteiger partial charge in [-0.1, -0.05) is 30.3 Å². The van der Waals surface area contributed by atoms with Crippen LogP contribution in [-0.2, 0) is 16.1 Å². The van der Waals surface area contributed by atoms with Gasteiger partial charge < -0.3 is 4.74 Å². The van der Waals surface area contributed by atoms with Crippen molar-refractivity contribution in [3.8, 4) is 0 Å². The Hall–Kier alpha value is -2.27. The molecule has 132 valence electrons. The second-order valence-corrected chi connectivity index (χ2v) is 6.31. The predicted molar refractivity (Wildman–Crippen MR) is 90.9 cm³/mol. The van der Waals surface area contributed by atoms with Gasteiger partial charge in [0.15, 0.2) is 0 Å². The Kier molecular flexibility index (Phi) is 5.43. The van der Waals surface area contributed by atoms with E-state index in [1.165, 1.54) is 6.07 Å². The molecule has 2 atom stereocenters. The fourth-order valence-electron chi connectivity index (χ4n) is 3.46. The minimum Gasteiger partial charge on any atom is -0.466 e. The first-order valence-electron chi connectivity index (χ1n) is 8.46. The van der Waals surface area contributed by atoms with Crippen LogP contribution in [0.15, 0.2) is 48.5 Å². The highest BCUT2D eigenvalue weighted by Gasteiger charge is 2.40. The zero-order valence-corrected chi connectivity index (χ0v) is 14.1. The van der Waals surface area contributed by atoms with Gasteiger partial charge in [0.2, 0.25) is 0 Å². The smallest absolute Gasteiger partial charge is 0.310 e. The zero-order valence-electron chi connectivity index (χ0n) is 14.1. The molecule has 1 aliphatic rings. The summed E-state index contributed by atoms with van der Waals surface area (Å²) in [5.74, 6) is -2.26. The molecule has 1 aliphatic heterocycles. The summed E-state index contributed by atoms with van der Waals surface area (Å²) < 4.78 is 33.0. The molecule has 0 aromatic heterocycles. The molecule has 0 radical (unpaired) electrons. The maximum absolute atomic E-state index is 14.3. The van der Waals surface area contributed by atoms with Crippen molar-refractivity contribution in [2.75, 3.05) is 19.7 Å².